The Kier molecular flexibility index (Phi) is 4.51. The van der Waals surface area contributed by atoms with Crippen molar-refractivity contribution in [1.29, 1.82) is 0 Å². The third kappa shape index (κ3) is 3.45. The molecule has 0 fully saturated rings. The van der Waals surface area contributed by atoms with Gasteiger partial charge in [-0.2, -0.15) is 13.2 Å². The lowest BCUT2D eigenvalue weighted by Gasteiger charge is -2.20. The summed E-state index contributed by atoms with van der Waals surface area (Å²) in [5, 5.41) is 15.2. The monoisotopic (exact) mass is 314 g/mol. The minimum atomic E-state index is -4.59. The predicted molar refractivity (Wildman–Crippen MR) is 70.0 cm³/mol. The molecule has 5 nitrogen and oxygen atoms in total. The van der Waals surface area contributed by atoms with Crippen LogP contribution in [0.5, 0.6) is 0 Å². The van der Waals surface area contributed by atoms with E-state index < -0.39 is 30.3 Å². The summed E-state index contributed by atoms with van der Waals surface area (Å²) in [4.78, 5) is 11.9. The number of nitrogens with zero attached hydrogens (tertiary/aromatic N) is 1. The molecule has 0 radical (unpaired) electrons. The number of aryl methyl sites for hydroxylation is 1. The molecule has 1 aromatic carbocycles. The molecule has 0 aliphatic heterocycles. The first-order valence-electron chi connectivity index (χ1n) is 6.34. The third-order valence-corrected chi connectivity index (χ3v) is 2.98. The second-order valence-electron chi connectivity index (χ2n) is 4.63. The van der Waals surface area contributed by atoms with Crippen LogP contribution in [0.2, 0.25) is 0 Å². The summed E-state index contributed by atoms with van der Waals surface area (Å²) in [6, 6.07) is 4.87. The molecule has 0 bridgehead atoms. The fourth-order valence-corrected chi connectivity index (χ4v) is 1.98. The smallest absolute Gasteiger partial charge is 0.394 e. The lowest BCUT2D eigenvalue weighted by molar-refractivity contribution is -0.138. The Bertz CT molecular complexity index is 667. The van der Waals surface area contributed by atoms with Gasteiger partial charge >= 0.3 is 6.18 Å². The minimum Gasteiger partial charge on any atom is -0.394 e. The first-order valence-corrected chi connectivity index (χ1v) is 6.34. The van der Waals surface area contributed by atoms with Gasteiger partial charge < -0.3 is 14.9 Å². The average Bonchev–Trinajstić information content (AvgIpc) is 2.90. The zero-order valence-corrected chi connectivity index (χ0v) is 11.5. The molecule has 1 heterocycles. The summed E-state index contributed by atoms with van der Waals surface area (Å²) in [5.41, 5.74) is -0.674. The van der Waals surface area contributed by atoms with E-state index in [1.807, 2.05) is 0 Å². The molecule has 0 aliphatic rings. The summed E-state index contributed by atoms with van der Waals surface area (Å²) < 4.78 is 43.7. The molecule has 1 aromatic heterocycles. The Morgan fingerprint density at radius 3 is 2.64 bits per heavy atom. The van der Waals surface area contributed by atoms with Crippen molar-refractivity contribution in [3.63, 3.8) is 0 Å². The SMILES string of the molecule is Cc1cc(C(=O)NC(CO)c2ccccc2C(F)(F)F)on1. The van der Waals surface area contributed by atoms with Gasteiger partial charge in [0.05, 0.1) is 23.9 Å². The van der Waals surface area contributed by atoms with Crippen molar-refractivity contribution in [2.75, 3.05) is 6.61 Å². The first-order chi connectivity index (χ1) is 10.3. The number of aliphatic hydroxyl groups excluding tert-OH is 1. The number of carbonyl (C=O) groups excluding carboxylic acids is 1. The highest BCUT2D eigenvalue weighted by Gasteiger charge is 2.35. The number of amides is 1. The Balaban J connectivity index is 2.28. The number of benzene rings is 1. The number of rotatable bonds is 4. The molecule has 0 saturated carbocycles. The number of aliphatic hydroxyl groups is 1. The number of halogens is 3. The van der Waals surface area contributed by atoms with Crippen LogP contribution >= 0.6 is 0 Å². The van der Waals surface area contributed by atoms with Crippen LogP contribution in [0.1, 0.15) is 33.4 Å². The molecule has 118 valence electrons. The van der Waals surface area contributed by atoms with Crippen LogP contribution in [0.3, 0.4) is 0 Å². The van der Waals surface area contributed by atoms with Gasteiger partial charge in [-0.25, -0.2) is 0 Å². The van der Waals surface area contributed by atoms with E-state index in [2.05, 4.69) is 10.5 Å². The highest BCUT2D eigenvalue weighted by molar-refractivity contribution is 5.91. The molecule has 0 spiro atoms. The summed E-state index contributed by atoms with van der Waals surface area (Å²) in [5.74, 6) is -0.892. The molecular formula is C14H13F3N2O3. The largest absolute Gasteiger partial charge is 0.416 e. The topological polar surface area (TPSA) is 75.4 Å². The summed E-state index contributed by atoms with van der Waals surface area (Å²) in [6.45, 7) is 0.911. The van der Waals surface area contributed by atoms with Crippen molar-refractivity contribution in [1.82, 2.24) is 10.5 Å². The second-order valence-corrected chi connectivity index (χ2v) is 4.63. The van der Waals surface area contributed by atoms with Crippen LogP contribution < -0.4 is 5.32 Å². The van der Waals surface area contributed by atoms with Crippen LogP contribution in [0.25, 0.3) is 0 Å². The lowest BCUT2D eigenvalue weighted by Crippen LogP contribution is -2.32. The molecular weight excluding hydrogens is 301 g/mol. The number of nitrogens with one attached hydrogen (secondary N) is 1. The van der Waals surface area contributed by atoms with Crippen LogP contribution in [0.4, 0.5) is 13.2 Å². The molecule has 0 saturated heterocycles. The fourth-order valence-electron chi connectivity index (χ4n) is 1.98. The third-order valence-electron chi connectivity index (χ3n) is 2.98. The van der Waals surface area contributed by atoms with E-state index >= 15 is 0 Å². The standard InChI is InChI=1S/C14H13F3N2O3/c1-8-6-12(22-19-8)13(21)18-11(7-20)9-4-2-3-5-10(9)14(15,16)17/h2-6,11,20H,7H2,1H3,(H,18,21). The fraction of sp³-hybridized carbons (Fsp3) is 0.286. The van der Waals surface area contributed by atoms with Crippen molar-refractivity contribution >= 4 is 5.91 Å². The molecule has 1 atom stereocenters. The first kappa shape index (κ1) is 16.0. The van der Waals surface area contributed by atoms with Gasteiger partial charge in [0.25, 0.3) is 5.91 Å². The maximum Gasteiger partial charge on any atom is 0.416 e. The van der Waals surface area contributed by atoms with E-state index in [1.54, 1.807) is 6.92 Å². The molecule has 0 aliphatic carbocycles. The number of carbonyl (C=O) groups is 1. The molecule has 8 heteroatoms. The average molecular weight is 314 g/mol. The van der Waals surface area contributed by atoms with Crippen LogP contribution in [-0.4, -0.2) is 22.8 Å². The van der Waals surface area contributed by atoms with E-state index in [1.165, 1.54) is 24.3 Å². The summed E-state index contributed by atoms with van der Waals surface area (Å²) >= 11 is 0. The van der Waals surface area contributed by atoms with Crippen molar-refractivity contribution in [3.05, 3.63) is 52.9 Å². The maximum atomic E-state index is 13.0. The number of alkyl halides is 3. The Hall–Kier alpha value is -2.35. The van der Waals surface area contributed by atoms with Gasteiger partial charge in [-0.05, 0) is 18.6 Å². The number of hydrogen-bond donors (Lipinski definition) is 2. The summed E-state index contributed by atoms with van der Waals surface area (Å²) in [6.07, 6.45) is -4.59. The van der Waals surface area contributed by atoms with Gasteiger partial charge in [-0.3, -0.25) is 4.79 Å². The van der Waals surface area contributed by atoms with E-state index in [0.29, 0.717) is 5.69 Å². The van der Waals surface area contributed by atoms with E-state index in [0.717, 1.165) is 6.07 Å². The van der Waals surface area contributed by atoms with Gasteiger partial charge in [0.15, 0.2) is 0 Å². The number of aromatic nitrogens is 1. The van der Waals surface area contributed by atoms with Gasteiger partial charge in [-0.15, -0.1) is 0 Å². The van der Waals surface area contributed by atoms with Crippen LogP contribution in [0.15, 0.2) is 34.9 Å². The van der Waals surface area contributed by atoms with Gasteiger partial charge in [0, 0.05) is 6.07 Å². The summed E-state index contributed by atoms with van der Waals surface area (Å²) in [7, 11) is 0. The van der Waals surface area contributed by atoms with E-state index in [-0.39, 0.29) is 11.3 Å². The molecule has 1 amide bonds. The quantitative estimate of drug-likeness (QED) is 0.909. The lowest BCUT2D eigenvalue weighted by atomic mass is 10.00. The molecule has 2 N–H and O–H groups in total. The van der Waals surface area contributed by atoms with Crippen molar-refractivity contribution in [2.24, 2.45) is 0 Å². The van der Waals surface area contributed by atoms with Crippen LogP contribution in [-0.2, 0) is 6.18 Å². The maximum absolute atomic E-state index is 13.0. The zero-order valence-electron chi connectivity index (χ0n) is 11.5. The van der Waals surface area contributed by atoms with Crippen molar-refractivity contribution < 1.29 is 27.6 Å². The molecule has 2 rings (SSSR count). The number of hydrogen-bond acceptors (Lipinski definition) is 4. The molecule has 22 heavy (non-hydrogen) atoms. The second kappa shape index (κ2) is 6.18. The van der Waals surface area contributed by atoms with Crippen molar-refractivity contribution in [2.45, 2.75) is 19.1 Å². The van der Waals surface area contributed by atoms with Crippen molar-refractivity contribution in [3.8, 4) is 0 Å². The van der Waals surface area contributed by atoms with Crippen LogP contribution in [0, 0.1) is 6.92 Å². The van der Waals surface area contributed by atoms with Gasteiger partial charge in [0.1, 0.15) is 0 Å². The normalized spacial score (nSPS) is 13.0. The van der Waals surface area contributed by atoms with Gasteiger partial charge in [-0.1, -0.05) is 23.4 Å². The Labute approximate surface area is 123 Å². The van der Waals surface area contributed by atoms with Gasteiger partial charge in [0.2, 0.25) is 5.76 Å². The Morgan fingerprint density at radius 1 is 1.41 bits per heavy atom. The minimum absolute atomic E-state index is 0.138. The predicted octanol–water partition coefficient (Wildman–Crippen LogP) is 2.47. The zero-order chi connectivity index (χ0) is 16.3. The highest BCUT2D eigenvalue weighted by Crippen LogP contribution is 2.34. The van der Waals surface area contributed by atoms with E-state index in [9.17, 15) is 23.1 Å². The Morgan fingerprint density at radius 2 is 2.09 bits per heavy atom. The molecule has 2 aromatic rings. The highest BCUT2D eigenvalue weighted by atomic mass is 19.4. The molecule has 1 unspecified atom stereocenters. The van der Waals surface area contributed by atoms with E-state index in [4.69, 9.17) is 4.52 Å².